The van der Waals surface area contributed by atoms with Gasteiger partial charge < -0.3 is 20.8 Å². The van der Waals surface area contributed by atoms with Gasteiger partial charge in [0.2, 0.25) is 11.8 Å². The van der Waals surface area contributed by atoms with Crippen molar-refractivity contribution in [3.8, 4) is 0 Å². The zero-order valence-electron chi connectivity index (χ0n) is 22.6. The Kier molecular flexibility index (Phi) is 7.58. The topological polar surface area (TPSA) is 104 Å². The third-order valence-corrected chi connectivity index (χ3v) is 8.98. The van der Waals surface area contributed by atoms with Crippen molar-refractivity contribution in [1.29, 1.82) is 0 Å². The summed E-state index contributed by atoms with van der Waals surface area (Å²) in [5, 5.41) is 24.2. The van der Waals surface area contributed by atoms with E-state index in [2.05, 4.69) is 41.5 Å². The number of nitrogens with zero attached hydrogens (tertiary/aromatic N) is 1. The number of aliphatic hydroxyl groups is 2. The second kappa shape index (κ2) is 9.38. The summed E-state index contributed by atoms with van der Waals surface area (Å²) >= 11 is 0. The number of hydrogen-bond donors (Lipinski definition) is 3. The molecule has 0 aromatic carbocycles. The lowest BCUT2D eigenvalue weighted by molar-refractivity contribution is -0.191. The van der Waals surface area contributed by atoms with Crippen LogP contribution in [0, 0.1) is 16.2 Å². The number of hydrogen-bond acceptors (Lipinski definition) is 4. The van der Waals surface area contributed by atoms with Gasteiger partial charge in [0.05, 0.1) is 23.3 Å². The van der Waals surface area contributed by atoms with Crippen molar-refractivity contribution in [3.05, 3.63) is 0 Å². The molecule has 196 valence electrons. The maximum atomic E-state index is 14.8. The average Bonchev–Trinajstić information content (AvgIpc) is 3.34. The molecule has 6 nitrogen and oxygen atoms in total. The number of carbonyl (C=O) groups excluding carboxylic acids is 2. The molecule has 3 saturated carbocycles. The molecular formula is C28H50N2O4. The van der Waals surface area contributed by atoms with Crippen LogP contribution in [0.5, 0.6) is 0 Å². The molecule has 0 aromatic rings. The number of rotatable bonds is 6. The Labute approximate surface area is 207 Å². The van der Waals surface area contributed by atoms with Crippen molar-refractivity contribution in [1.82, 2.24) is 4.90 Å². The van der Waals surface area contributed by atoms with Gasteiger partial charge in [0.15, 0.2) is 0 Å². The van der Waals surface area contributed by atoms with Crippen LogP contribution < -0.4 is 5.73 Å². The van der Waals surface area contributed by atoms with Crippen molar-refractivity contribution >= 4 is 11.8 Å². The van der Waals surface area contributed by atoms with Crippen molar-refractivity contribution in [2.24, 2.45) is 22.0 Å². The molecule has 2 amide bonds. The number of nitrogens with two attached hydrogens (primary N) is 1. The van der Waals surface area contributed by atoms with E-state index in [0.29, 0.717) is 38.5 Å². The average molecular weight is 479 g/mol. The van der Waals surface area contributed by atoms with Gasteiger partial charge in [0, 0.05) is 0 Å². The first-order valence-electron chi connectivity index (χ1n) is 13.7. The molecule has 0 aliphatic heterocycles. The summed E-state index contributed by atoms with van der Waals surface area (Å²) in [6.07, 6.45) is 9.60. The van der Waals surface area contributed by atoms with Crippen LogP contribution in [0.2, 0.25) is 0 Å². The van der Waals surface area contributed by atoms with Crippen LogP contribution in [0.1, 0.15) is 125 Å². The summed E-state index contributed by atoms with van der Waals surface area (Å²) in [5.74, 6) is -0.820. The second-order valence-corrected chi connectivity index (χ2v) is 13.9. The minimum absolute atomic E-state index is 0.264. The highest BCUT2D eigenvalue weighted by molar-refractivity contribution is 6.04. The lowest BCUT2D eigenvalue weighted by Crippen LogP contribution is -2.72. The van der Waals surface area contributed by atoms with Crippen LogP contribution >= 0.6 is 0 Å². The first-order valence-corrected chi connectivity index (χ1v) is 13.7. The number of carbonyl (C=O) groups is 2. The van der Waals surface area contributed by atoms with E-state index in [9.17, 15) is 19.8 Å². The summed E-state index contributed by atoms with van der Waals surface area (Å²) in [7, 11) is 0. The van der Waals surface area contributed by atoms with Gasteiger partial charge in [0.1, 0.15) is 5.41 Å². The molecule has 0 aromatic heterocycles. The summed E-state index contributed by atoms with van der Waals surface area (Å²) in [5.41, 5.74) is 1.73. The molecule has 0 spiro atoms. The molecule has 34 heavy (non-hydrogen) atoms. The third kappa shape index (κ3) is 4.91. The number of amides is 2. The highest BCUT2D eigenvalue weighted by Gasteiger charge is 2.61. The Morgan fingerprint density at radius 1 is 0.676 bits per heavy atom. The van der Waals surface area contributed by atoms with Crippen molar-refractivity contribution in [2.45, 2.75) is 148 Å². The summed E-state index contributed by atoms with van der Waals surface area (Å²) in [4.78, 5) is 29.7. The molecule has 0 bridgehead atoms. The van der Waals surface area contributed by atoms with Gasteiger partial charge in [-0.25, -0.2) is 0 Å². The second-order valence-electron chi connectivity index (χ2n) is 13.9. The van der Waals surface area contributed by atoms with E-state index in [1.54, 1.807) is 0 Å². The standard InChI is InChI=1S/C28H50N2O4/c1-24(2,3)20(27(33)16-10-11-17-27)30(21(25(4,5)6)28(34)18-12-13-19-28)23(32)26(22(29)31)14-8-7-9-15-26/h20-21,33-34H,7-19H2,1-6H3,(H2,29,31). The quantitative estimate of drug-likeness (QED) is 0.482. The molecule has 3 aliphatic carbocycles. The zero-order valence-corrected chi connectivity index (χ0v) is 22.6. The Morgan fingerprint density at radius 3 is 1.29 bits per heavy atom. The lowest BCUT2D eigenvalue weighted by Gasteiger charge is -2.58. The van der Waals surface area contributed by atoms with Crippen molar-refractivity contribution < 1.29 is 19.8 Å². The lowest BCUT2D eigenvalue weighted by atomic mass is 9.65. The van der Waals surface area contributed by atoms with E-state index >= 15 is 0 Å². The van der Waals surface area contributed by atoms with Gasteiger partial charge in [-0.3, -0.25) is 9.59 Å². The molecule has 2 atom stereocenters. The van der Waals surface area contributed by atoms with Crippen LogP contribution in [0.4, 0.5) is 0 Å². The molecular weight excluding hydrogens is 428 g/mol. The van der Waals surface area contributed by atoms with Gasteiger partial charge >= 0.3 is 0 Å². The predicted molar refractivity (Wildman–Crippen MR) is 135 cm³/mol. The molecule has 0 radical (unpaired) electrons. The minimum atomic E-state index is -1.27. The summed E-state index contributed by atoms with van der Waals surface area (Å²) in [6, 6.07) is -1.05. The van der Waals surface area contributed by atoms with Crippen LogP contribution in [-0.2, 0) is 9.59 Å². The summed E-state index contributed by atoms with van der Waals surface area (Å²) < 4.78 is 0. The van der Waals surface area contributed by atoms with Gasteiger partial charge in [-0.15, -0.1) is 0 Å². The first kappa shape index (κ1) is 27.4. The SMILES string of the molecule is CC(C)(C)C(N(C(=O)C1(C(N)=O)CCCCC1)C(C(C)(C)C)C1(O)CCCC1)C1(O)CCCC1. The molecule has 3 aliphatic rings. The van der Waals surface area contributed by atoms with Gasteiger partial charge in [-0.2, -0.15) is 0 Å². The normalized spacial score (nSPS) is 26.1. The van der Waals surface area contributed by atoms with Gasteiger partial charge in [-0.05, 0) is 49.4 Å². The summed E-state index contributed by atoms with van der Waals surface area (Å²) in [6.45, 7) is 12.4. The highest BCUT2D eigenvalue weighted by atomic mass is 16.3. The molecule has 6 heteroatoms. The van der Waals surface area contributed by atoms with Gasteiger partial charge in [0.25, 0.3) is 0 Å². The van der Waals surface area contributed by atoms with E-state index < -0.39 is 45.4 Å². The van der Waals surface area contributed by atoms with E-state index in [1.807, 2.05) is 4.90 Å². The van der Waals surface area contributed by atoms with Crippen LogP contribution in [0.25, 0.3) is 0 Å². The van der Waals surface area contributed by atoms with E-state index in [1.165, 1.54) is 0 Å². The fourth-order valence-electron chi connectivity index (χ4n) is 7.84. The maximum absolute atomic E-state index is 14.8. The van der Waals surface area contributed by atoms with E-state index in [-0.39, 0.29) is 5.91 Å². The fourth-order valence-corrected chi connectivity index (χ4v) is 7.84. The zero-order chi connectivity index (χ0) is 25.6. The molecule has 0 heterocycles. The van der Waals surface area contributed by atoms with E-state index in [4.69, 9.17) is 5.73 Å². The maximum Gasteiger partial charge on any atom is 0.238 e. The van der Waals surface area contributed by atoms with Crippen molar-refractivity contribution in [3.63, 3.8) is 0 Å². The molecule has 0 saturated heterocycles. The number of primary amides is 1. The van der Waals surface area contributed by atoms with Crippen LogP contribution in [-0.4, -0.2) is 50.2 Å². The highest BCUT2D eigenvalue weighted by Crippen LogP contribution is 2.51. The van der Waals surface area contributed by atoms with Crippen LogP contribution in [0.15, 0.2) is 0 Å². The molecule has 2 unspecified atom stereocenters. The van der Waals surface area contributed by atoms with Gasteiger partial charge in [-0.1, -0.05) is 86.5 Å². The fraction of sp³-hybridized carbons (Fsp3) is 0.929. The predicted octanol–water partition coefficient (Wildman–Crippen LogP) is 4.69. The van der Waals surface area contributed by atoms with Crippen molar-refractivity contribution in [2.75, 3.05) is 0 Å². The largest absolute Gasteiger partial charge is 0.388 e. The third-order valence-electron chi connectivity index (χ3n) is 8.98. The molecule has 3 rings (SSSR count). The molecule has 3 fully saturated rings. The Bertz CT molecular complexity index is 705. The Balaban J connectivity index is 2.27. The monoisotopic (exact) mass is 478 g/mol. The smallest absolute Gasteiger partial charge is 0.238 e. The van der Waals surface area contributed by atoms with Crippen LogP contribution in [0.3, 0.4) is 0 Å². The Hall–Kier alpha value is -1.14. The van der Waals surface area contributed by atoms with E-state index in [0.717, 1.165) is 44.9 Å². The molecule has 4 N–H and O–H groups in total. The minimum Gasteiger partial charge on any atom is -0.388 e. The first-order chi connectivity index (χ1) is 15.6. The Morgan fingerprint density at radius 2 is 1.00 bits per heavy atom.